The molecule has 0 radical (unpaired) electrons. The molecule has 0 amide bonds. The maximum Gasteiger partial charge on any atom is 0.123 e. The average molecular weight is 739 g/mol. The zero-order valence-corrected chi connectivity index (χ0v) is 37.9. The monoisotopic (exact) mass is 739 g/mol. The van der Waals surface area contributed by atoms with Crippen LogP contribution >= 0.6 is 0 Å². The van der Waals surface area contributed by atoms with E-state index < -0.39 is 0 Å². The minimum absolute atomic E-state index is 0.0343. The van der Waals surface area contributed by atoms with E-state index in [9.17, 15) is 9.90 Å². The molecule has 5 heteroatoms. The third kappa shape index (κ3) is 18.6. The van der Waals surface area contributed by atoms with E-state index in [1.165, 1.54) is 80.0 Å². The summed E-state index contributed by atoms with van der Waals surface area (Å²) in [5, 5.41) is 14.0. The number of unbranched alkanes of at least 4 members (excludes halogenated alkanes) is 5. The lowest BCUT2D eigenvalue weighted by Gasteiger charge is -2.38. The Morgan fingerprint density at radius 3 is 1.32 bits per heavy atom. The van der Waals surface area contributed by atoms with Crippen molar-refractivity contribution in [3.05, 3.63) is 68.1 Å². The van der Waals surface area contributed by atoms with Crippen molar-refractivity contribution in [3.63, 3.8) is 0 Å². The van der Waals surface area contributed by atoms with Gasteiger partial charge in [0.25, 0.3) is 0 Å². The largest absolute Gasteiger partial charge is 0.507 e. The van der Waals surface area contributed by atoms with Crippen LogP contribution in [-0.4, -0.2) is 25.0 Å². The Labute approximate surface area is 329 Å². The van der Waals surface area contributed by atoms with Gasteiger partial charge in [0.05, 0.1) is 0 Å². The number of rotatable bonds is 13. The van der Waals surface area contributed by atoms with E-state index >= 15 is 0 Å². The van der Waals surface area contributed by atoms with E-state index in [-0.39, 0.29) is 21.7 Å². The zero-order chi connectivity index (χ0) is 41.6. The van der Waals surface area contributed by atoms with Crippen LogP contribution in [0.1, 0.15) is 220 Å². The number of nitrogens with one attached hydrogen (secondary N) is 2. The highest BCUT2D eigenvalue weighted by atomic mass is 16.3. The first-order valence-electron chi connectivity index (χ1n) is 21.0. The van der Waals surface area contributed by atoms with Crippen LogP contribution in [0.15, 0.2) is 24.3 Å². The fourth-order valence-electron chi connectivity index (χ4n) is 6.78. The van der Waals surface area contributed by atoms with Crippen LogP contribution in [0.3, 0.4) is 0 Å². The van der Waals surface area contributed by atoms with E-state index in [1.54, 1.807) is 5.56 Å². The van der Waals surface area contributed by atoms with E-state index in [4.69, 9.17) is 4.91 Å². The SMILES string of the molecule is CC.CC.CC(C)(C)c1cc(CCC=O)cc(C(C)(C)C)c1C1CCC1.CNCCCCCCCCc1cc(C(C)(C)C)c(O)c(C(C)(C)C)c1.N=O. The van der Waals surface area contributed by atoms with Crippen LogP contribution in [-0.2, 0) is 39.3 Å². The van der Waals surface area contributed by atoms with Crippen LogP contribution in [0.25, 0.3) is 0 Å². The zero-order valence-electron chi connectivity index (χ0n) is 37.9. The minimum Gasteiger partial charge on any atom is -0.507 e. The first-order valence-corrected chi connectivity index (χ1v) is 21.0. The van der Waals surface area contributed by atoms with E-state index in [2.05, 4.69) is 118 Å². The summed E-state index contributed by atoms with van der Waals surface area (Å²) in [5.74, 6) is 1.23. The standard InChI is InChI=1S/C23H41NO.C21H32O.2C2H6.HNO/c1-22(2,3)19-16-18(17-20(21(19)25)23(4,5)6)14-12-10-8-9-11-13-15-24-7;1-20(2,3)17-13-15(9-8-12-22)14-18(21(4,5)6)19(17)16-10-7-11-16;3*1-2/h16-17,24-25H,8-15H2,1-7H3;12-14,16H,7-11H2,1-6H3;2*1-2H3;1H. The van der Waals surface area contributed by atoms with Gasteiger partial charge in [-0.1, -0.05) is 173 Å². The lowest BCUT2D eigenvalue weighted by Crippen LogP contribution is -2.26. The quantitative estimate of drug-likeness (QED) is 0.108. The van der Waals surface area contributed by atoms with Gasteiger partial charge in [0, 0.05) is 6.42 Å². The van der Waals surface area contributed by atoms with Crippen molar-refractivity contribution < 1.29 is 9.90 Å². The summed E-state index contributed by atoms with van der Waals surface area (Å²) in [6.45, 7) is 36.2. The number of aromatic hydroxyl groups is 1. The fraction of sp³-hybridized carbons (Fsp3) is 0.729. The number of nitroso groups, excluding NO2 is 1. The van der Waals surface area contributed by atoms with Gasteiger partial charge in [0.1, 0.15) is 12.0 Å². The maximum absolute atomic E-state index is 10.8. The van der Waals surface area contributed by atoms with E-state index in [1.807, 2.05) is 34.7 Å². The third-order valence-electron chi connectivity index (χ3n) is 9.85. The fourth-order valence-corrected chi connectivity index (χ4v) is 6.78. The number of carbonyl (C=O) groups is 1. The highest BCUT2D eigenvalue weighted by Gasteiger charge is 2.33. The predicted octanol–water partition coefficient (Wildman–Crippen LogP) is 14.2. The number of aryl methyl sites for hydroxylation is 2. The molecule has 0 atom stereocenters. The molecule has 3 N–H and O–H groups in total. The Kier molecular flexibility index (Phi) is 25.3. The van der Waals surface area contributed by atoms with Crippen molar-refractivity contribution in [2.75, 3.05) is 13.6 Å². The van der Waals surface area contributed by atoms with Gasteiger partial charge < -0.3 is 15.2 Å². The second kappa shape index (κ2) is 25.5. The molecule has 53 heavy (non-hydrogen) atoms. The van der Waals surface area contributed by atoms with Gasteiger partial charge in [0.2, 0.25) is 0 Å². The van der Waals surface area contributed by atoms with Crippen molar-refractivity contribution in [3.8, 4) is 5.75 Å². The molecule has 0 aromatic heterocycles. The topological polar surface area (TPSA) is 90.2 Å². The maximum atomic E-state index is 10.8. The van der Waals surface area contributed by atoms with Gasteiger partial charge in [-0.2, -0.15) is 4.91 Å². The summed E-state index contributed by atoms with van der Waals surface area (Å²) in [4.78, 5) is 18.3. The molecule has 1 aliphatic rings. The van der Waals surface area contributed by atoms with Crippen molar-refractivity contribution in [1.82, 2.24) is 5.32 Å². The van der Waals surface area contributed by atoms with Gasteiger partial charge in [-0.15, -0.1) is 0 Å². The van der Waals surface area contributed by atoms with Crippen molar-refractivity contribution in [2.45, 2.75) is 215 Å². The number of carbonyl (C=O) groups excluding carboxylic acids is 1. The first-order chi connectivity index (χ1) is 24.7. The molecule has 0 bridgehead atoms. The van der Waals surface area contributed by atoms with Crippen molar-refractivity contribution >= 4 is 6.29 Å². The highest BCUT2D eigenvalue weighted by Crippen LogP contribution is 2.46. The van der Waals surface area contributed by atoms with Gasteiger partial charge in [-0.3, -0.25) is 0 Å². The Morgan fingerprint density at radius 1 is 0.623 bits per heavy atom. The molecule has 2 aromatic rings. The molecule has 1 saturated carbocycles. The summed E-state index contributed by atoms with van der Waals surface area (Å²) >= 11 is 0. The Hall–Kier alpha value is -2.53. The molecule has 0 unspecified atom stereocenters. The molecule has 0 spiro atoms. The molecule has 306 valence electrons. The van der Waals surface area contributed by atoms with Crippen molar-refractivity contribution in [1.29, 1.82) is 5.59 Å². The number of hydrogen-bond acceptors (Lipinski definition) is 5. The summed E-state index contributed by atoms with van der Waals surface area (Å²) in [6, 6.07) is 9.23. The average Bonchev–Trinajstić information content (AvgIpc) is 3.06. The van der Waals surface area contributed by atoms with Gasteiger partial charge >= 0.3 is 0 Å². The number of phenolic OH excluding ortho intramolecular Hbond substituents is 1. The molecule has 3 rings (SSSR count). The lowest BCUT2D eigenvalue weighted by atomic mass is 9.67. The van der Waals surface area contributed by atoms with Crippen LogP contribution < -0.4 is 5.32 Å². The normalized spacial score (nSPS) is 13.1. The Bertz CT molecular complexity index is 1210. The summed E-state index contributed by atoms with van der Waals surface area (Å²) in [5.41, 5.74) is 14.2. The molecule has 0 saturated heterocycles. The number of phenols is 1. The van der Waals surface area contributed by atoms with Crippen LogP contribution in [0, 0.1) is 10.5 Å². The molecule has 1 fully saturated rings. The van der Waals surface area contributed by atoms with Crippen LogP contribution in [0.5, 0.6) is 5.75 Å². The molecular weight excluding hydrogens is 653 g/mol. The van der Waals surface area contributed by atoms with E-state index in [0.717, 1.165) is 42.7 Å². The van der Waals surface area contributed by atoms with Crippen molar-refractivity contribution in [2.24, 2.45) is 0 Å². The lowest BCUT2D eigenvalue weighted by molar-refractivity contribution is -0.107. The smallest absolute Gasteiger partial charge is 0.123 e. The van der Waals surface area contributed by atoms with Gasteiger partial charge in [-0.25, -0.2) is 0 Å². The second-order valence-corrected chi connectivity index (χ2v) is 18.5. The Morgan fingerprint density at radius 2 is 0.981 bits per heavy atom. The van der Waals surface area contributed by atoms with E-state index in [0.29, 0.717) is 12.2 Å². The summed E-state index contributed by atoms with van der Waals surface area (Å²) in [7, 11) is 2.02. The Balaban J connectivity index is 0. The van der Waals surface area contributed by atoms with Crippen LogP contribution in [0.4, 0.5) is 0 Å². The van der Waals surface area contributed by atoms with Gasteiger partial charge in [0.15, 0.2) is 0 Å². The number of benzene rings is 2. The number of hydrogen-bond donors (Lipinski definition) is 3. The third-order valence-corrected chi connectivity index (χ3v) is 9.85. The molecular formula is C48H86N2O3. The number of aldehydes is 1. The molecule has 5 nitrogen and oxygen atoms in total. The minimum atomic E-state index is -0.0343. The molecule has 1 aliphatic carbocycles. The first kappa shape index (κ1) is 52.6. The summed E-state index contributed by atoms with van der Waals surface area (Å²) < 4.78 is 0. The predicted molar refractivity (Wildman–Crippen MR) is 234 cm³/mol. The molecule has 0 aliphatic heterocycles. The molecule has 0 heterocycles. The van der Waals surface area contributed by atoms with Crippen LogP contribution in [0.2, 0.25) is 0 Å². The highest BCUT2D eigenvalue weighted by molar-refractivity contribution is 5.53. The second-order valence-electron chi connectivity index (χ2n) is 18.5. The van der Waals surface area contributed by atoms with Gasteiger partial charge in [-0.05, 0) is 119 Å². The molecule has 2 aromatic carbocycles. The summed E-state index contributed by atoms with van der Waals surface area (Å²) in [6.07, 6.45) is 15.5.